The Kier molecular flexibility index (Phi) is 5.52. The summed E-state index contributed by atoms with van der Waals surface area (Å²) in [6, 6.07) is 0. The summed E-state index contributed by atoms with van der Waals surface area (Å²) in [5, 5.41) is 0. The van der Waals surface area contributed by atoms with Gasteiger partial charge in [-0.3, -0.25) is 0 Å². The summed E-state index contributed by atoms with van der Waals surface area (Å²) >= 11 is 0. The molecule has 0 fully saturated rings. The number of hydrogen-bond donors (Lipinski definition) is 0. The van der Waals surface area contributed by atoms with Crippen molar-refractivity contribution in [1.82, 2.24) is 4.90 Å². The Bertz CT molecular complexity index is 194. The van der Waals surface area contributed by atoms with Gasteiger partial charge in [-0.15, -0.1) is 0 Å². The molecule has 98 valence electrons. The van der Waals surface area contributed by atoms with Gasteiger partial charge in [0.05, 0.1) is 0 Å². The quantitative estimate of drug-likeness (QED) is 0.687. The maximum atomic E-state index is 2.50. The van der Waals surface area contributed by atoms with E-state index in [0.717, 1.165) is 11.8 Å². The molecule has 0 aliphatic rings. The topological polar surface area (TPSA) is 3.24 Å². The fraction of sp³-hybridized carbons (Fsp3) is 1.00. The van der Waals surface area contributed by atoms with Crippen LogP contribution in [0.4, 0.5) is 0 Å². The number of hydrogen-bond acceptors (Lipinski definition) is 1. The molecule has 0 N–H and O–H groups in total. The zero-order valence-electron chi connectivity index (χ0n) is 13.0. The van der Waals surface area contributed by atoms with Crippen LogP contribution >= 0.6 is 0 Å². The third kappa shape index (κ3) is 4.86. The summed E-state index contributed by atoms with van der Waals surface area (Å²) in [7, 11) is 2.25. The lowest BCUT2D eigenvalue weighted by Crippen LogP contribution is -2.45. The van der Waals surface area contributed by atoms with Crippen molar-refractivity contribution in [3.05, 3.63) is 0 Å². The van der Waals surface area contributed by atoms with E-state index in [9.17, 15) is 0 Å². The predicted molar refractivity (Wildman–Crippen MR) is 74.8 cm³/mol. The van der Waals surface area contributed by atoms with Crippen molar-refractivity contribution >= 4 is 0 Å². The van der Waals surface area contributed by atoms with Gasteiger partial charge in [-0.05, 0) is 45.1 Å². The normalized spacial score (nSPS) is 17.6. The van der Waals surface area contributed by atoms with Crippen LogP contribution in [0.3, 0.4) is 0 Å². The molecule has 16 heavy (non-hydrogen) atoms. The van der Waals surface area contributed by atoms with E-state index in [2.05, 4.69) is 67.3 Å². The third-order valence-electron chi connectivity index (χ3n) is 4.06. The smallest absolute Gasteiger partial charge is 0.0122 e. The molecule has 0 amide bonds. The summed E-state index contributed by atoms with van der Waals surface area (Å²) in [5.74, 6) is 1.56. The average molecular weight is 227 g/mol. The van der Waals surface area contributed by atoms with E-state index in [1.807, 2.05) is 0 Å². The molecule has 2 atom stereocenters. The van der Waals surface area contributed by atoms with Crippen molar-refractivity contribution in [2.24, 2.45) is 17.3 Å². The van der Waals surface area contributed by atoms with Gasteiger partial charge >= 0.3 is 0 Å². The van der Waals surface area contributed by atoms with Gasteiger partial charge in [0.15, 0.2) is 0 Å². The highest BCUT2D eigenvalue weighted by molar-refractivity contribution is 4.83. The van der Waals surface area contributed by atoms with Crippen LogP contribution in [0, 0.1) is 17.3 Å². The zero-order chi connectivity index (χ0) is 13.1. The van der Waals surface area contributed by atoms with Crippen LogP contribution in [0.5, 0.6) is 0 Å². The maximum absolute atomic E-state index is 2.50. The first-order valence-corrected chi connectivity index (χ1v) is 6.71. The average Bonchev–Trinajstić information content (AvgIpc) is 2.09. The Morgan fingerprint density at radius 1 is 1.00 bits per heavy atom. The molecule has 0 bridgehead atoms. The molecule has 0 aromatic carbocycles. The summed E-state index contributed by atoms with van der Waals surface area (Å²) in [4.78, 5) is 2.50. The van der Waals surface area contributed by atoms with Crippen molar-refractivity contribution in [3.63, 3.8) is 0 Å². The predicted octanol–water partition coefficient (Wildman–Crippen LogP) is 4.43. The first-order chi connectivity index (χ1) is 7.00. The first kappa shape index (κ1) is 16.0. The fourth-order valence-corrected chi connectivity index (χ4v) is 2.16. The number of rotatable bonds is 4. The Balaban J connectivity index is 4.70. The summed E-state index contributed by atoms with van der Waals surface area (Å²) < 4.78 is 0. The van der Waals surface area contributed by atoms with Gasteiger partial charge in [-0.2, -0.15) is 0 Å². The Morgan fingerprint density at radius 3 is 1.69 bits per heavy atom. The molecular weight excluding hydrogens is 194 g/mol. The molecule has 0 spiro atoms. The van der Waals surface area contributed by atoms with Crippen LogP contribution in [-0.2, 0) is 0 Å². The van der Waals surface area contributed by atoms with Crippen molar-refractivity contribution < 1.29 is 0 Å². The summed E-state index contributed by atoms with van der Waals surface area (Å²) in [6.07, 6.45) is 1.28. The molecule has 0 radical (unpaired) electrons. The minimum Gasteiger partial charge on any atom is -0.301 e. The van der Waals surface area contributed by atoms with Crippen LogP contribution in [0.1, 0.15) is 61.8 Å². The standard InChI is InChI=1S/C15H33N/c1-10-12(2)13(14(3,4)5)11-16(9)15(6,7)8/h12-13H,10-11H2,1-9H3/t12?,13-/m1/s1. The van der Waals surface area contributed by atoms with Crippen LogP contribution in [-0.4, -0.2) is 24.0 Å². The van der Waals surface area contributed by atoms with Crippen molar-refractivity contribution in [2.75, 3.05) is 13.6 Å². The lowest BCUT2D eigenvalue weighted by molar-refractivity contribution is 0.0698. The van der Waals surface area contributed by atoms with E-state index in [1.54, 1.807) is 0 Å². The fourth-order valence-electron chi connectivity index (χ4n) is 2.16. The van der Waals surface area contributed by atoms with E-state index in [-0.39, 0.29) is 5.54 Å². The van der Waals surface area contributed by atoms with Gasteiger partial charge in [-0.1, -0.05) is 41.0 Å². The van der Waals surface area contributed by atoms with Crippen LogP contribution < -0.4 is 0 Å². The lowest BCUT2D eigenvalue weighted by atomic mass is 9.72. The van der Waals surface area contributed by atoms with E-state index < -0.39 is 0 Å². The highest BCUT2D eigenvalue weighted by atomic mass is 15.2. The molecule has 0 rings (SSSR count). The molecule has 0 saturated carbocycles. The second-order valence-corrected chi connectivity index (χ2v) is 7.41. The largest absolute Gasteiger partial charge is 0.301 e. The highest BCUT2D eigenvalue weighted by Gasteiger charge is 2.31. The molecule has 0 aromatic rings. The highest BCUT2D eigenvalue weighted by Crippen LogP contribution is 2.35. The molecule has 0 aliphatic carbocycles. The summed E-state index contributed by atoms with van der Waals surface area (Å²) in [5.41, 5.74) is 0.673. The molecule has 0 heterocycles. The molecule has 1 unspecified atom stereocenters. The van der Waals surface area contributed by atoms with E-state index in [4.69, 9.17) is 0 Å². The molecule has 0 aromatic heterocycles. The van der Waals surface area contributed by atoms with Crippen molar-refractivity contribution in [2.45, 2.75) is 67.3 Å². The monoisotopic (exact) mass is 227 g/mol. The Morgan fingerprint density at radius 2 is 1.44 bits per heavy atom. The van der Waals surface area contributed by atoms with Crippen molar-refractivity contribution in [3.8, 4) is 0 Å². The zero-order valence-corrected chi connectivity index (χ0v) is 13.0. The van der Waals surface area contributed by atoms with Gasteiger partial charge in [-0.25, -0.2) is 0 Å². The molecule has 1 nitrogen and oxygen atoms in total. The second kappa shape index (κ2) is 5.53. The Hall–Kier alpha value is -0.0400. The third-order valence-corrected chi connectivity index (χ3v) is 4.06. The van der Waals surface area contributed by atoms with Gasteiger partial charge in [0.1, 0.15) is 0 Å². The number of nitrogens with zero attached hydrogens (tertiary/aromatic N) is 1. The minimum absolute atomic E-state index is 0.275. The lowest BCUT2D eigenvalue weighted by Gasteiger charge is -2.42. The van der Waals surface area contributed by atoms with E-state index >= 15 is 0 Å². The van der Waals surface area contributed by atoms with Gasteiger partial charge < -0.3 is 4.90 Å². The van der Waals surface area contributed by atoms with E-state index in [0.29, 0.717) is 5.41 Å². The van der Waals surface area contributed by atoms with Gasteiger partial charge in [0, 0.05) is 12.1 Å². The van der Waals surface area contributed by atoms with Gasteiger partial charge in [0.2, 0.25) is 0 Å². The second-order valence-electron chi connectivity index (χ2n) is 7.41. The van der Waals surface area contributed by atoms with Crippen LogP contribution in [0.2, 0.25) is 0 Å². The minimum atomic E-state index is 0.275. The summed E-state index contributed by atoms with van der Waals surface area (Å²) in [6.45, 7) is 19.9. The van der Waals surface area contributed by atoms with Crippen LogP contribution in [0.25, 0.3) is 0 Å². The first-order valence-electron chi connectivity index (χ1n) is 6.71. The molecule has 1 heteroatoms. The molecule has 0 saturated heterocycles. The molecular formula is C15H33N. The Labute approximate surface area is 104 Å². The van der Waals surface area contributed by atoms with Crippen LogP contribution in [0.15, 0.2) is 0 Å². The molecule has 0 aliphatic heterocycles. The maximum Gasteiger partial charge on any atom is 0.0122 e. The van der Waals surface area contributed by atoms with Crippen molar-refractivity contribution in [1.29, 1.82) is 0 Å². The van der Waals surface area contributed by atoms with E-state index in [1.165, 1.54) is 13.0 Å². The van der Waals surface area contributed by atoms with Gasteiger partial charge in [0.25, 0.3) is 0 Å². The SMILES string of the molecule is CCC(C)[C@@H](CN(C)C(C)(C)C)C(C)(C)C.